The lowest BCUT2D eigenvalue weighted by molar-refractivity contribution is -0.134. The van der Waals surface area contributed by atoms with Gasteiger partial charge in [0.2, 0.25) is 5.91 Å². The van der Waals surface area contributed by atoms with Crippen LogP contribution in [0.15, 0.2) is 24.3 Å². The first kappa shape index (κ1) is 21.6. The first-order valence-electron chi connectivity index (χ1n) is 11.0. The predicted molar refractivity (Wildman–Crippen MR) is 112 cm³/mol. The number of carbonyl (C=O) groups excluding carboxylic acids is 2. The zero-order valence-electron chi connectivity index (χ0n) is 17.6. The fourth-order valence-corrected chi connectivity index (χ4v) is 4.22. The molecule has 6 nitrogen and oxygen atoms in total. The summed E-state index contributed by atoms with van der Waals surface area (Å²) in [7, 11) is 0. The van der Waals surface area contributed by atoms with Gasteiger partial charge < -0.3 is 19.7 Å². The highest BCUT2D eigenvalue weighted by Crippen LogP contribution is 2.38. The lowest BCUT2D eigenvalue weighted by Gasteiger charge is -2.42. The fraction of sp³-hybridized carbons (Fsp3) is 0.652. The van der Waals surface area contributed by atoms with E-state index in [2.05, 4.69) is 5.32 Å². The Balaban J connectivity index is 1.72. The smallest absolute Gasteiger partial charge is 0.255 e. The maximum Gasteiger partial charge on any atom is 0.255 e. The second-order valence-electron chi connectivity index (χ2n) is 8.24. The summed E-state index contributed by atoms with van der Waals surface area (Å²) in [6.07, 6.45) is 6.55. The van der Waals surface area contributed by atoms with Gasteiger partial charge in [-0.05, 0) is 44.2 Å². The van der Waals surface area contributed by atoms with Crippen LogP contribution in [0.25, 0.3) is 0 Å². The second-order valence-corrected chi connectivity index (χ2v) is 8.24. The van der Waals surface area contributed by atoms with Crippen molar-refractivity contribution in [3.8, 4) is 5.75 Å². The van der Waals surface area contributed by atoms with Crippen LogP contribution in [0.4, 0.5) is 0 Å². The highest BCUT2D eigenvalue weighted by Gasteiger charge is 2.36. The van der Waals surface area contributed by atoms with Crippen molar-refractivity contribution in [1.82, 2.24) is 10.2 Å². The molecule has 0 unspecified atom stereocenters. The van der Waals surface area contributed by atoms with Crippen molar-refractivity contribution in [2.45, 2.75) is 51.9 Å². The van der Waals surface area contributed by atoms with Gasteiger partial charge >= 0.3 is 0 Å². The van der Waals surface area contributed by atoms with Gasteiger partial charge in [0.15, 0.2) is 0 Å². The number of nitrogens with one attached hydrogen (secondary N) is 1. The van der Waals surface area contributed by atoms with Crippen LogP contribution in [0, 0.1) is 5.41 Å². The van der Waals surface area contributed by atoms with Crippen molar-refractivity contribution in [3.05, 3.63) is 29.8 Å². The highest BCUT2D eigenvalue weighted by molar-refractivity contribution is 5.96. The molecule has 0 aliphatic carbocycles. The Morgan fingerprint density at radius 1 is 1.14 bits per heavy atom. The van der Waals surface area contributed by atoms with Crippen molar-refractivity contribution in [2.24, 2.45) is 5.41 Å². The number of hydrogen-bond donors (Lipinski definition) is 1. The summed E-state index contributed by atoms with van der Waals surface area (Å²) in [5.74, 6) is 0.765. The molecule has 1 spiro atoms. The molecule has 1 fully saturated rings. The third kappa shape index (κ3) is 5.95. The number of carbonyl (C=O) groups is 2. The van der Waals surface area contributed by atoms with Crippen molar-refractivity contribution >= 4 is 11.8 Å². The minimum Gasteiger partial charge on any atom is -0.492 e. The normalized spacial score (nSPS) is 20.9. The van der Waals surface area contributed by atoms with E-state index in [0.29, 0.717) is 44.1 Å². The van der Waals surface area contributed by atoms with E-state index in [1.165, 1.54) is 0 Å². The van der Waals surface area contributed by atoms with E-state index in [-0.39, 0.29) is 17.2 Å². The Labute approximate surface area is 173 Å². The third-order valence-electron chi connectivity index (χ3n) is 6.08. The third-order valence-corrected chi connectivity index (χ3v) is 6.08. The molecule has 1 aromatic rings. The maximum absolute atomic E-state index is 12.5. The first-order chi connectivity index (χ1) is 14.1. The van der Waals surface area contributed by atoms with Gasteiger partial charge in [-0.1, -0.05) is 25.5 Å². The number of para-hydroxylation sites is 1. The van der Waals surface area contributed by atoms with Gasteiger partial charge in [0.05, 0.1) is 18.8 Å². The molecule has 29 heavy (non-hydrogen) atoms. The van der Waals surface area contributed by atoms with E-state index in [4.69, 9.17) is 9.47 Å². The van der Waals surface area contributed by atoms with Gasteiger partial charge in [-0.25, -0.2) is 0 Å². The molecule has 1 N–H and O–H groups in total. The van der Waals surface area contributed by atoms with E-state index < -0.39 is 0 Å². The molecule has 1 aromatic carbocycles. The van der Waals surface area contributed by atoms with E-state index >= 15 is 0 Å². The summed E-state index contributed by atoms with van der Waals surface area (Å²) in [6, 6.07) is 7.42. The second kappa shape index (κ2) is 10.6. The van der Waals surface area contributed by atoms with Gasteiger partial charge in [0, 0.05) is 38.1 Å². The molecule has 6 heteroatoms. The molecular weight excluding hydrogens is 368 g/mol. The maximum atomic E-state index is 12.5. The van der Waals surface area contributed by atoms with E-state index in [0.717, 1.165) is 51.6 Å². The van der Waals surface area contributed by atoms with Crippen LogP contribution < -0.4 is 10.1 Å². The van der Waals surface area contributed by atoms with Crippen molar-refractivity contribution in [1.29, 1.82) is 0 Å². The SMILES string of the molecule is CCCC(=O)N1CCC2(CCCCOCCNC(=O)c3ccccc3OC2)CC1. The Kier molecular flexibility index (Phi) is 7.92. The first-order valence-corrected chi connectivity index (χ1v) is 11.0. The highest BCUT2D eigenvalue weighted by atomic mass is 16.5. The Morgan fingerprint density at radius 3 is 2.72 bits per heavy atom. The van der Waals surface area contributed by atoms with Crippen molar-refractivity contribution < 1.29 is 19.1 Å². The molecule has 2 heterocycles. The summed E-state index contributed by atoms with van der Waals surface area (Å²) in [5.41, 5.74) is 0.603. The summed E-state index contributed by atoms with van der Waals surface area (Å²) < 4.78 is 11.9. The molecule has 2 aliphatic heterocycles. The summed E-state index contributed by atoms with van der Waals surface area (Å²) >= 11 is 0. The lowest BCUT2D eigenvalue weighted by Crippen LogP contribution is -2.45. The van der Waals surface area contributed by atoms with Crippen molar-refractivity contribution in [2.75, 3.05) is 39.5 Å². The average Bonchev–Trinajstić information content (AvgIpc) is 2.74. The van der Waals surface area contributed by atoms with E-state index in [9.17, 15) is 9.59 Å². The van der Waals surface area contributed by atoms with Gasteiger partial charge in [0.1, 0.15) is 5.75 Å². The topological polar surface area (TPSA) is 67.9 Å². The molecule has 0 radical (unpaired) electrons. The number of ether oxygens (including phenoxy) is 2. The van der Waals surface area contributed by atoms with Crippen LogP contribution in [-0.4, -0.2) is 56.2 Å². The number of rotatable bonds is 2. The Hall–Kier alpha value is -2.08. The molecular formula is C23H34N2O4. The zero-order chi connectivity index (χ0) is 20.5. The van der Waals surface area contributed by atoms with E-state index in [1.54, 1.807) is 6.07 Å². The number of amides is 2. The predicted octanol–water partition coefficient (Wildman–Crippen LogP) is 3.40. The molecule has 0 bridgehead atoms. The average molecular weight is 403 g/mol. The number of fused-ring (bicyclic) bond motifs is 1. The van der Waals surface area contributed by atoms with Crippen molar-refractivity contribution in [3.63, 3.8) is 0 Å². The summed E-state index contributed by atoms with van der Waals surface area (Å²) in [4.78, 5) is 26.8. The van der Waals surface area contributed by atoms with Crippen LogP contribution in [0.5, 0.6) is 5.75 Å². The van der Waals surface area contributed by atoms with Crippen LogP contribution in [-0.2, 0) is 9.53 Å². The Morgan fingerprint density at radius 2 is 1.93 bits per heavy atom. The lowest BCUT2D eigenvalue weighted by atomic mass is 9.75. The fourth-order valence-electron chi connectivity index (χ4n) is 4.22. The molecule has 160 valence electrons. The number of nitrogens with zero attached hydrogens (tertiary/aromatic N) is 1. The van der Waals surface area contributed by atoms with Crippen LogP contribution in [0.3, 0.4) is 0 Å². The standard InChI is InChI=1S/C23H34N2O4/c1-2-7-21(26)25-14-11-23(12-15-25)10-5-6-16-28-17-13-24-22(27)19-8-3-4-9-20(19)29-18-23/h3-4,8-9H,2,5-7,10-18H2,1H3,(H,24,27). The molecule has 2 aliphatic rings. The number of hydrogen-bond acceptors (Lipinski definition) is 4. The number of benzene rings is 1. The summed E-state index contributed by atoms with van der Waals surface area (Å²) in [5, 5.41) is 2.91. The summed E-state index contributed by atoms with van der Waals surface area (Å²) in [6.45, 7) is 5.94. The Bertz CT molecular complexity index is 683. The number of piperidine rings is 1. The largest absolute Gasteiger partial charge is 0.492 e. The minimum atomic E-state index is -0.129. The van der Waals surface area contributed by atoms with Gasteiger partial charge in [-0.15, -0.1) is 0 Å². The van der Waals surface area contributed by atoms with Gasteiger partial charge in [-0.3, -0.25) is 9.59 Å². The zero-order valence-corrected chi connectivity index (χ0v) is 17.6. The molecule has 0 atom stereocenters. The quantitative estimate of drug-likeness (QED) is 0.823. The van der Waals surface area contributed by atoms with Gasteiger partial charge in [-0.2, -0.15) is 0 Å². The van der Waals surface area contributed by atoms with Crippen LogP contribution >= 0.6 is 0 Å². The molecule has 2 amide bonds. The number of likely N-dealkylation sites (tertiary alicyclic amines) is 1. The van der Waals surface area contributed by atoms with Crippen LogP contribution in [0.2, 0.25) is 0 Å². The molecule has 3 rings (SSSR count). The molecule has 0 aromatic heterocycles. The van der Waals surface area contributed by atoms with Gasteiger partial charge in [0.25, 0.3) is 5.91 Å². The monoisotopic (exact) mass is 402 g/mol. The molecule has 0 saturated carbocycles. The van der Waals surface area contributed by atoms with Crippen LogP contribution in [0.1, 0.15) is 62.2 Å². The van der Waals surface area contributed by atoms with E-state index in [1.807, 2.05) is 30.0 Å². The minimum absolute atomic E-state index is 0.0384. The molecule has 1 saturated heterocycles.